The molecule has 0 aromatic heterocycles. The normalized spacial score (nSPS) is 20.9. The van der Waals surface area contributed by atoms with Crippen molar-refractivity contribution in [2.24, 2.45) is 5.41 Å². The molecule has 1 fully saturated rings. The fraction of sp³-hybridized carbons (Fsp3) is 0.600. The largest absolute Gasteiger partial charge is 0.392 e. The first-order chi connectivity index (χ1) is 7.60. The summed E-state index contributed by atoms with van der Waals surface area (Å²) < 4.78 is 0. The minimum Gasteiger partial charge on any atom is -0.392 e. The Morgan fingerprint density at radius 3 is 2.31 bits per heavy atom. The summed E-state index contributed by atoms with van der Waals surface area (Å²) in [5, 5.41) is 10.3. The number of aliphatic hydroxyl groups excluding tert-OH is 1. The molecule has 16 heavy (non-hydrogen) atoms. The molecule has 0 bridgehead atoms. The second-order valence-electron chi connectivity index (χ2n) is 5.57. The van der Waals surface area contributed by atoms with E-state index in [1.165, 1.54) is 36.8 Å². The third-order valence-corrected chi connectivity index (χ3v) is 4.10. The molecular weight excluding hydrogens is 196 g/mol. The van der Waals surface area contributed by atoms with Crippen LogP contribution in [0, 0.1) is 12.3 Å². The fourth-order valence-corrected chi connectivity index (χ4v) is 2.71. The molecule has 1 heteroatoms. The average Bonchev–Trinajstić information content (AvgIpc) is 2.70. The van der Waals surface area contributed by atoms with Crippen molar-refractivity contribution < 1.29 is 5.11 Å². The Balaban J connectivity index is 2.01. The summed E-state index contributed by atoms with van der Waals surface area (Å²) in [6.07, 6.45) is 5.54. The molecule has 1 nitrogen and oxygen atoms in total. The van der Waals surface area contributed by atoms with Gasteiger partial charge in [-0.1, -0.05) is 49.6 Å². The van der Waals surface area contributed by atoms with Crippen LogP contribution >= 0.6 is 0 Å². The Hall–Kier alpha value is -0.820. The van der Waals surface area contributed by atoms with E-state index in [1.54, 1.807) is 0 Å². The van der Waals surface area contributed by atoms with Crippen LogP contribution in [-0.2, 0) is 6.42 Å². The smallest absolute Gasteiger partial charge is 0.0634 e. The molecule has 2 rings (SSSR count). The van der Waals surface area contributed by atoms with Gasteiger partial charge in [0.25, 0.3) is 0 Å². The van der Waals surface area contributed by atoms with E-state index in [4.69, 9.17) is 0 Å². The highest BCUT2D eigenvalue weighted by molar-refractivity contribution is 5.22. The predicted octanol–water partition coefficient (Wildman–Crippen LogP) is 3.48. The Morgan fingerprint density at radius 1 is 1.19 bits per heavy atom. The maximum Gasteiger partial charge on any atom is 0.0634 e. The van der Waals surface area contributed by atoms with E-state index in [1.807, 2.05) is 0 Å². The van der Waals surface area contributed by atoms with Crippen LogP contribution in [0.1, 0.15) is 43.7 Å². The molecule has 88 valence electrons. The molecule has 0 amide bonds. The number of aryl methyl sites for hydroxylation is 1. The summed E-state index contributed by atoms with van der Waals surface area (Å²) in [6.45, 7) is 4.33. The quantitative estimate of drug-likeness (QED) is 0.823. The average molecular weight is 218 g/mol. The number of hydrogen-bond acceptors (Lipinski definition) is 1. The Labute approximate surface area is 98.5 Å². The van der Waals surface area contributed by atoms with Crippen molar-refractivity contribution in [2.45, 2.75) is 52.1 Å². The molecule has 0 saturated heterocycles. The van der Waals surface area contributed by atoms with E-state index < -0.39 is 0 Å². The molecule has 1 aliphatic carbocycles. The van der Waals surface area contributed by atoms with Crippen LogP contribution in [0.15, 0.2) is 24.3 Å². The standard InChI is InChI=1S/C15H22O/c1-12-5-7-13(8-6-12)11-14(16)15(2)9-3-4-10-15/h5-8,14,16H,3-4,9-11H2,1-2H3. The van der Waals surface area contributed by atoms with Gasteiger partial charge in [0.05, 0.1) is 6.10 Å². The van der Waals surface area contributed by atoms with Crippen molar-refractivity contribution in [3.05, 3.63) is 35.4 Å². The molecule has 0 aliphatic heterocycles. The zero-order chi connectivity index (χ0) is 11.6. The molecule has 0 heterocycles. The first-order valence-corrected chi connectivity index (χ1v) is 6.34. The first-order valence-electron chi connectivity index (χ1n) is 6.34. The van der Waals surface area contributed by atoms with Gasteiger partial charge in [-0.05, 0) is 37.2 Å². The maximum atomic E-state index is 10.3. The molecule has 1 aromatic carbocycles. The number of aliphatic hydroxyl groups is 1. The van der Waals surface area contributed by atoms with E-state index in [0.29, 0.717) is 0 Å². The summed E-state index contributed by atoms with van der Waals surface area (Å²) in [5.74, 6) is 0. The minimum atomic E-state index is -0.183. The highest BCUT2D eigenvalue weighted by atomic mass is 16.3. The van der Waals surface area contributed by atoms with Gasteiger partial charge in [0.15, 0.2) is 0 Å². The van der Waals surface area contributed by atoms with Crippen molar-refractivity contribution in [3.63, 3.8) is 0 Å². The number of hydrogen-bond donors (Lipinski definition) is 1. The lowest BCUT2D eigenvalue weighted by Gasteiger charge is -2.30. The number of rotatable bonds is 3. The van der Waals surface area contributed by atoms with Crippen molar-refractivity contribution >= 4 is 0 Å². The summed E-state index contributed by atoms with van der Waals surface area (Å²) in [7, 11) is 0. The lowest BCUT2D eigenvalue weighted by molar-refractivity contribution is 0.0424. The summed E-state index contributed by atoms with van der Waals surface area (Å²) in [5.41, 5.74) is 2.70. The third-order valence-electron chi connectivity index (χ3n) is 4.10. The van der Waals surface area contributed by atoms with Gasteiger partial charge in [-0.2, -0.15) is 0 Å². The predicted molar refractivity (Wildman–Crippen MR) is 67.5 cm³/mol. The minimum absolute atomic E-state index is 0.158. The molecule has 1 aliphatic rings. The Morgan fingerprint density at radius 2 is 1.75 bits per heavy atom. The fourth-order valence-electron chi connectivity index (χ4n) is 2.71. The van der Waals surface area contributed by atoms with Gasteiger partial charge in [-0.15, -0.1) is 0 Å². The van der Waals surface area contributed by atoms with Crippen LogP contribution in [0.3, 0.4) is 0 Å². The summed E-state index contributed by atoms with van der Waals surface area (Å²) in [4.78, 5) is 0. The van der Waals surface area contributed by atoms with Crippen LogP contribution in [0.25, 0.3) is 0 Å². The van der Waals surface area contributed by atoms with Crippen molar-refractivity contribution in [1.82, 2.24) is 0 Å². The highest BCUT2D eigenvalue weighted by Gasteiger charge is 2.35. The third kappa shape index (κ3) is 2.46. The van der Waals surface area contributed by atoms with Crippen LogP contribution < -0.4 is 0 Å². The van der Waals surface area contributed by atoms with E-state index >= 15 is 0 Å². The lowest BCUT2D eigenvalue weighted by atomic mass is 9.80. The van der Waals surface area contributed by atoms with E-state index in [9.17, 15) is 5.11 Å². The summed E-state index contributed by atoms with van der Waals surface area (Å²) in [6, 6.07) is 8.52. The zero-order valence-electron chi connectivity index (χ0n) is 10.4. The monoisotopic (exact) mass is 218 g/mol. The van der Waals surface area contributed by atoms with Gasteiger partial charge in [0.2, 0.25) is 0 Å². The van der Waals surface area contributed by atoms with Gasteiger partial charge in [0.1, 0.15) is 0 Å². The van der Waals surface area contributed by atoms with Crippen molar-refractivity contribution in [1.29, 1.82) is 0 Å². The molecule has 1 N–H and O–H groups in total. The number of benzene rings is 1. The summed E-state index contributed by atoms with van der Waals surface area (Å²) >= 11 is 0. The van der Waals surface area contributed by atoms with Crippen LogP contribution in [0.4, 0.5) is 0 Å². The van der Waals surface area contributed by atoms with E-state index in [2.05, 4.69) is 38.1 Å². The van der Waals surface area contributed by atoms with Gasteiger partial charge in [-0.25, -0.2) is 0 Å². The van der Waals surface area contributed by atoms with Gasteiger partial charge in [-0.3, -0.25) is 0 Å². The zero-order valence-corrected chi connectivity index (χ0v) is 10.4. The van der Waals surface area contributed by atoms with Gasteiger partial charge < -0.3 is 5.11 Å². The SMILES string of the molecule is Cc1ccc(CC(O)C2(C)CCCC2)cc1. The van der Waals surface area contributed by atoms with Gasteiger partial charge >= 0.3 is 0 Å². The molecular formula is C15H22O. The van der Waals surface area contributed by atoms with Crippen LogP contribution in [0.2, 0.25) is 0 Å². The lowest BCUT2D eigenvalue weighted by Crippen LogP contribution is -2.31. The molecule has 0 radical (unpaired) electrons. The van der Waals surface area contributed by atoms with Gasteiger partial charge in [0, 0.05) is 0 Å². The topological polar surface area (TPSA) is 20.2 Å². The van der Waals surface area contributed by atoms with E-state index in [-0.39, 0.29) is 11.5 Å². The second-order valence-corrected chi connectivity index (χ2v) is 5.57. The van der Waals surface area contributed by atoms with Crippen molar-refractivity contribution in [3.8, 4) is 0 Å². The molecule has 1 atom stereocenters. The van der Waals surface area contributed by atoms with Crippen molar-refractivity contribution in [2.75, 3.05) is 0 Å². The highest BCUT2D eigenvalue weighted by Crippen LogP contribution is 2.41. The molecule has 1 saturated carbocycles. The molecule has 1 unspecified atom stereocenters. The first kappa shape index (κ1) is 11.7. The Kier molecular flexibility index (Phi) is 3.34. The molecule has 1 aromatic rings. The Bertz CT molecular complexity index is 333. The van der Waals surface area contributed by atoms with Crippen LogP contribution in [-0.4, -0.2) is 11.2 Å². The maximum absolute atomic E-state index is 10.3. The second kappa shape index (κ2) is 4.58. The molecule has 0 spiro atoms. The van der Waals surface area contributed by atoms with E-state index in [0.717, 1.165) is 6.42 Å². The van der Waals surface area contributed by atoms with Crippen LogP contribution in [0.5, 0.6) is 0 Å².